The van der Waals surface area contributed by atoms with E-state index < -0.39 is 12.7 Å². The van der Waals surface area contributed by atoms with Crippen LogP contribution in [0.4, 0.5) is 14.7 Å². The third kappa shape index (κ3) is 7.18. The maximum Gasteiger partial charge on any atom is 0.346 e. The maximum absolute atomic E-state index is 13.4. The molecule has 11 heteroatoms. The second-order valence-electron chi connectivity index (χ2n) is 10.4. The minimum absolute atomic E-state index is 0.00812. The molecule has 0 saturated heterocycles. The van der Waals surface area contributed by atoms with Gasteiger partial charge < -0.3 is 25.6 Å². The molecule has 1 aliphatic rings. The number of hydrogen-bond acceptors (Lipinski definition) is 8. The number of fused-ring (bicyclic) bond motifs is 1. The molecular formula is C28H36F2N8O. The van der Waals surface area contributed by atoms with Crippen molar-refractivity contribution in [2.45, 2.75) is 39.0 Å². The first-order chi connectivity index (χ1) is 18.5. The number of rotatable bonds is 10. The van der Waals surface area contributed by atoms with Crippen LogP contribution in [0.25, 0.3) is 22.2 Å². The molecule has 0 fully saturated rings. The van der Waals surface area contributed by atoms with Crippen molar-refractivity contribution in [2.24, 2.45) is 7.05 Å². The zero-order chi connectivity index (χ0) is 28.2. The van der Waals surface area contributed by atoms with Crippen LogP contribution in [0.1, 0.15) is 20.8 Å². The average molecular weight is 539 g/mol. The number of likely N-dealkylation sites (N-methyl/N-ethyl adjacent to an activating group) is 2. The van der Waals surface area contributed by atoms with Crippen LogP contribution in [0.3, 0.4) is 0 Å². The molecule has 1 aliphatic carbocycles. The highest BCUT2D eigenvalue weighted by atomic mass is 19.3. The van der Waals surface area contributed by atoms with Crippen molar-refractivity contribution in [1.29, 1.82) is 0 Å². The summed E-state index contributed by atoms with van der Waals surface area (Å²) in [6.07, 6.45) is 7.55. The van der Waals surface area contributed by atoms with Gasteiger partial charge in [0, 0.05) is 56.9 Å². The summed E-state index contributed by atoms with van der Waals surface area (Å²) in [5.74, 6) is 0.267. The molecule has 39 heavy (non-hydrogen) atoms. The molecule has 0 saturated carbocycles. The first kappa shape index (κ1) is 28.2. The van der Waals surface area contributed by atoms with Crippen LogP contribution in [0.5, 0.6) is 0 Å². The van der Waals surface area contributed by atoms with E-state index in [0.29, 0.717) is 17.9 Å². The minimum Gasteiger partial charge on any atom is -0.386 e. The molecular weight excluding hydrogens is 502 g/mol. The largest absolute Gasteiger partial charge is 0.386 e. The molecule has 0 radical (unpaired) electrons. The Labute approximate surface area is 227 Å². The van der Waals surface area contributed by atoms with Crippen molar-refractivity contribution in [3.8, 4) is 11.3 Å². The van der Waals surface area contributed by atoms with Gasteiger partial charge in [0.2, 0.25) is 5.95 Å². The van der Waals surface area contributed by atoms with Gasteiger partial charge in [0.15, 0.2) is 0 Å². The summed E-state index contributed by atoms with van der Waals surface area (Å²) in [7, 11) is 5.64. The number of nitrogens with zero attached hydrogens (tertiary/aromatic N) is 5. The molecule has 3 N–H and O–H groups in total. The molecule has 4 rings (SSSR count). The second-order valence-corrected chi connectivity index (χ2v) is 10.4. The molecule has 208 valence electrons. The predicted octanol–water partition coefficient (Wildman–Crippen LogP) is 4.25. The van der Waals surface area contributed by atoms with E-state index in [4.69, 9.17) is 4.74 Å². The molecule has 3 aromatic rings. The average Bonchev–Trinajstić information content (AvgIpc) is 3.16. The molecule has 0 amide bonds. The van der Waals surface area contributed by atoms with E-state index >= 15 is 0 Å². The minimum atomic E-state index is -2.96. The normalized spacial score (nSPS) is 16.0. The van der Waals surface area contributed by atoms with Gasteiger partial charge in [-0.1, -0.05) is 6.07 Å². The quantitative estimate of drug-likeness (QED) is 0.353. The summed E-state index contributed by atoms with van der Waals surface area (Å²) in [6, 6.07) is 7.75. The fourth-order valence-corrected chi connectivity index (χ4v) is 4.30. The third-order valence-corrected chi connectivity index (χ3v) is 6.30. The van der Waals surface area contributed by atoms with Crippen LogP contribution < -0.4 is 16.0 Å². The Morgan fingerprint density at radius 3 is 2.72 bits per heavy atom. The number of halogens is 2. The van der Waals surface area contributed by atoms with Crippen molar-refractivity contribution < 1.29 is 13.5 Å². The smallest absolute Gasteiger partial charge is 0.346 e. The van der Waals surface area contributed by atoms with Crippen LogP contribution in [-0.2, 0) is 11.8 Å². The van der Waals surface area contributed by atoms with Crippen LogP contribution in [0, 0.1) is 0 Å². The Hall–Kier alpha value is -3.83. The third-order valence-electron chi connectivity index (χ3n) is 6.30. The van der Waals surface area contributed by atoms with Gasteiger partial charge >= 0.3 is 6.61 Å². The Morgan fingerprint density at radius 1 is 1.21 bits per heavy atom. The van der Waals surface area contributed by atoms with E-state index in [-0.39, 0.29) is 11.5 Å². The topological polar surface area (TPSA) is 92.2 Å². The molecule has 0 spiro atoms. The lowest BCUT2D eigenvalue weighted by Gasteiger charge is -2.26. The lowest BCUT2D eigenvalue weighted by Crippen LogP contribution is -2.40. The lowest BCUT2D eigenvalue weighted by molar-refractivity contribution is -0.140. The van der Waals surface area contributed by atoms with Gasteiger partial charge in [-0.3, -0.25) is 4.68 Å². The Morgan fingerprint density at radius 2 is 2.00 bits per heavy atom. The SMILES string of the molecule is CNC1=C(N(C)CCNC(C)(C)C)C=CC(OC(F)F)C(Nc2nccc(-c3ccc4c(cnn4C)c3)n2)=C1. The number of hydrogen-bond donors (Lipinski definition) is 3. The fourth-order valence-electron chi connectivity index (χ4n) is 4.30. The highest BCUT2D eigenvalue weighted by Crippen LogP contribution is 2.26. The zero-order valence-electron chi connectivity index (χ0n) is 23.2. The molecule has 0 bridgehead atoms. The second kappa shape index (κ2) is 11.9. The first-order valence-electron chi connectivity index (χ1n) is 12.8. The number of anilines is 1. The van der Waals surface area contributed by atoms with E-state index in [1.54, 1.807) is 48.4 Å². The van der Waals surface area contributed by atoms with Gasteiger partial charge in [-0.15, -0.1) is 0 Å². The van der Waals surface area contributed by atoms with Gasteiger partial charge in [0.25, 0.3) is 0 Å². The Bertz CT molecular complexity index is 1390. The van der Waals surface area contributed by atoms with Crippen LogP contribution in [0.15, 0.2) is 72.0 Å². The van der Waals surface area contributed by atoms with Crippen molar-refractivity contribution in [2.75, 3.05) is 32.5 Å². The van der Waals surface area contributed by atoms with E-state index in [1.807, 2.05) is 32.3 Å². The van der Waals surface area contributed by atoms with Crippen molar-refractivity contribution in [3.05, 3.63) is 72.0 Å². The van der Waals surface area contributed by atoms with E-state index in [9.17, 15) is 8.78 Å². The zero-order valence-corrected chi connectivity index (χ0v) is 23.2. The molecule has 1 aromatic carbocycles. The number of aryl methyl sites for hydroxylation is 1. The first-order valence-corrected chi connectivity index (χ1v) is 12.8. The highest BCUT2D eigenvalue weighted by Gasteiger charge is 2.23. The predicted molar refractivity (Wildman–Crippen MR) is 150 cm³/mol. The van der Waals surface area contributed by atoms with Gasteiger partial charge in [0.05, 0.1) is 34.5 Å². The van der Waals surface area contributed by atoms with Crippen molar-refractivity contribution in [3.63, 3.8) is 0 Å². The number of ether oxygens (including phenoxy) is 1. The number of aromatic nitrogens is 4. The summed E-state index contributed by atoms with van der Waals surface area (Å²) in [6.45, 7) is 4.84. The molecule has 1 atom stereocenters. The number of allylic oxidation sites excluding steroid dienone is 2. The van der Waals surface area contributed by atoms with Gasteiger partial charge in [-0.05, 0) is 57.2 Å². The van der Waals surface area contributed by atoms with Gasteiger partial charge in [0.1, 0.15) is 6.10 Å². The van der Waals surface area contributed by atoms with E-state index in [1.165, 1.54) is 0 Å². The van der Waals surface area contributed by atoms with Crippen molar-refractivity contribution in [1.82, 2.24) is 35.3 Å². The summed E-state index contributed by atoms with van der Waals surface area (Å²) >= 11 is 0. The Balaban J connectivity index is 1.62. The lowest BCUT2D eigenvalue weighted by atomic mass is 10.1. The summed E-state index contributed by atoms with van der Waals surface area (Å²) < 4.78 is 33.6. The summed E-state index contributed by atoms with van der Waals surface area (Å²) in [5.41, 5.74) is 4.54. The molecule has 0 aliphatic heterocycles. The standard InChI is InChI=1S/C28H36F2N8O/c1-28(2,3)33-13-14-37(5)24-9-10-25(39-26(29)30)22(16-21(24)31-4)36-27-32-12-11-20(35-27)18-7-8-23-19(15-18)17-34-38(23)6/h7-12,15-17,25-26,31,33H,13-14H2,1-6H3,(H,32,35,36). The van der Waals surface area contributed by atoms with Gasteiger partial charge in [-0.25, -0.2) is 9.97 Å². The van der Waals surface area contributed by atoms with E-state index in [2.05, 4.69) is 56.7 Å². The fraction of sp³-hybridized carbons (Fsp3) is 0.393. The maximum atomic E-state index is 13.4. The molecule has 1 unspecified atom stereocenters. The highest BCUT2D eigenvalue weighted by molar-refractivity contribution is 5.83. The van der Waals surface area contributed by atoms with Gasteiger partial charge in [-0.2, -0.15) is 13.9 Å². The summed E-state index contributed by atoms with van der Waals surface area (Å²) in [4.78, 5) is 11.0. The van der Waals surface area contributed by atoms with Crippen molar-refractivity contribution >= 4 is 16.9 Å². The molecule has 2 aromatic heterocycles. The van der Waals surface area contributed by atoms with Crippen LogP contribution >= 0.6 is 0 Å². The monoisotopic (exact) mass is 538 g/mol. The summed E-state index contributed by atoms with van der Waals surface area (Å²) in [5, 5.41) is 15.1. The number of benzene rings is 1. The number of nitrogens with one attached hydrogen (secondary N) is 3. The van der Waals surface area contributed by atoms with Crippen LogP contribution in [0.2, 0.25) is 0 Å². The molecule has 2 heterocycles. The molecule has 9 nitrogen and oxygen atoms in total. The van der Waals surface area contributed by atoms with E-state index in [0.717, 1.165) is 34.4 Å². The Kier molecular flexibility index (Phi) is 8.61. The van der Waals surface area contributed by atoms with Crippen LogP contribution in [-0.4, -0.2) is 70.1 Å². The number of alkyl halides is 2.